The van der Waals surface area contributed by atoms with Gasteiger partial charge in [-0.1, -0.05) is 18.5 Å². The molecule has 1 amide bonds. The number of amidine groups is 1. The SMILES string of the molecule is CCCC(C(=O)N(C)C1CCN(C)CC1)C(N)=NO. The first-order chi connectivity index (χ1) is 9.01. The summed E-state index contributed by atoms with van der Waals surface area (Å²) in [4.78, 5) is 16.5. The van der Waals surface area contributed by atoms with Gasteiger partial charge in [0.15, 0.2) is 5.84 Å². The Morgan fingerprint density at radius 1 is 1.53 bits per heavy atom. The summed E-state index contributed by atoms with van der Waals surface area (Å²) in [5, 5.41) is 11.8. The summed E-state index contributed by atoms with van der Waals surface area (Å²) in [5.41, 5.74) is 5.64. The number of carbonyl (C=O) groups is 1. The summed E-state index contributed by atoms with van der Waals surface area (Å²) in [6.07, 6.45) is 3.40. The number of hydrogen-bond acceptors (Lipinski definition) is 4. The monoisotopic (exact) mass is 270 g/mol. The summed E-state index contributed by atoms with van der Waals surface area (Å²) in [5.74, 6) is -0.516. The molecule has 0 aromatic rings. The van der Waals surface area contributed by atoms with E-state index in [1.165, 1.54) is 0 Å². The van der Waals surface area contributed by atoms with Crippen molar-refractivity contribution in [1.29, 1.82) is 0 Å². The predicted octanol–water partition coefficient (Wildman–Crippen LogP) is 0.702. The Morgan fingerprint density at radius 2 is 2.11 bits per heavy atom. The van der Waals surface area contributed by atoms with E-state index < -0.39 is 5.92 Å². The molecule has 0 aliphatic carbocycles. The second-order valence-electron chi connectivity index (χ2n) is 5.35. The van der Waals surface area contributed by atoms with E-state index in [0.717, 1.165) is 32.4 Å². The molecule has 1 heterocycles. The number of nitrogens with zero attached hydrogens (tertiary/aromatic N) is 3. The lowest BCUT2D eigenvalue weighted by atomic mass is 9.97. The lowest BCUT2D eigenvalue weighted by Crippen LogP contribution is -2.48. The zero-order chi connectivity index (χ0) is 14.4. The molecular formula is C13H26N4O2. The quantitative estimate of drug-likeness (QED) is 0.333. The summed E-state index contributed by atoms with van der Waals surface area (Å²) in [6.45, 7) is 4.00. The van der Waals surface area contributed by atoms with Crippen LogP contribution >= 0.6 is 0 Å². The van der Waals surface area contributed by atoms with E-state index in [4.69, 9.17) is 10.9 Å². The molecule has 1 rings (SSSR count). The predicted molar refractivity (Wildman–Crippen MR) is 75.1 cm³/mol. The molecule has 0 spiro atoms. The normalized spacial score (nSPS) is 20.3. The minimum Gasteiger partial charge on any atom is -0.409 e. The van der Waals surface area contributed by atoms with Crippen LogP contribution in [0.4, 0.5) is 0 Å². The highest BCUT2D eigenvalue weighted by Gasteiger charge is 2.30. The number of carbonyl (C=O) groups excluding carboxylic acids is 1. The first kappa shape index (κ1) is 15.8. The van der Waals surface area contributed by atoms with Gasteiger partial charge >= 0.3 is 0 Å². The van der Waals surface area contributed by atoms with E-state index in [1.54, 1.807) is 4.90 Å². The highest BCUT2D eigenvalue weighted by atomic mass is 16.4. The fourth-order valence-electron chi connectivity index (χ4n) is 2.56. The highest BCUT2D eigenvalue weighted by Crippen LogP contribution is 2.18. The van der Waals surface area contributed by atoms with Gasteiger partial charge in [-0.25, -0.2) is 0 Å². The maximum atomic E-state index is 12.5. The standard InChI is InChI=1S/C13H26N4O2/c1-4-5-11(12(14)15-19)13(18)17(3)10-6-8-16(2)9-7-10/h10-11,19H,4-9H2,1-3H3,(H2,14,15). The lowest BCUT2D eigenvalue weighted by molar-refractivity contribution is -0.135. The molecule has 0 aromatic carbocycles. The zero-order valence-corrected chi connectivity index (χ0v) is 12.2. The van der Waals surface area contributed by atoms with Crippen LogP contribution in [0.2, 0.25) is 0 Å². The van der Waals surface area contributed by atoms with Crippen LogP contribution < -0.4 is 5.73 Å². The number of amides is 1. The second-order valence-corrected chi connectivity index (χ2v) is 5.35. The lowest BCUT2D eigenvalue weighted by Gasteiger charge is -2.36. The van der Waals surface area contributed by atoms with Crippen LogP contribution in [-0.4, -0.2) is 60.0 Å². The third-order valence-corrected chi connectivity index (χ3v) is 3.93. The van der Waals surface area contributed by atoms with Gasteiger partial charge in [-0.15, -0.1) is 0 Å². The number of oxime groups is 1. The first-order valence-corrected chi connectivity index (χ1v) is 6.93. The van der Waals surface area contributed by atoms with Crippen LogP contribution in [0.15, 0.2) is 5.16 Å². The van der Waals surface area contributed by atoms with Crippen molar-refractivity contribution in [3.05, 3.63) is 0 Å². The minimum absolute atomic E-state index is 0.0200. The third-order valence-electron chi connectivity index (χ3n) is 3.93. The van der Waals surface area contributed by atoms with Crippen LogP contribution in [0.25, 0.3) is 0 Å². The van der Waals surface area contributed by atoms with Crippen molar-refractivity contribution in [1.82, 2.24) is 9.80 Å². The Morgan fingerprint density at radius 3 is 2.58 bits per heavy atom. The van der Waals surface area contributed by atoms with Gasteiger partial charge in [0, 0.05) is 13.1 Å². The van der Waals surface area contributed by atoms with Crippen molar-refractivity contribution in [3.8, 4) is 0 Å². The van der Waals surface area contributed by atoms with Crippen LogP contribution in [0.5, 0.6) is 0 Å². The van der Waals surface area contributed by atoms with Crippen molar-refractivity contribution in [2.45, 2.75) is 38.6 Å². The average molecular weight is 270 g/mol. The molecule has 1 atom stereocenters. The maximum Gasteiger partial charge on any atom is 0.233 e. The number of likely N-dealkylation sites (tertiary alicyclic amines) is 1. The summed E-state index contributed by atoms with van der Waals surface area (Å²) in [6, 6.07) is 0.259. The van der Waals surface area contributed by atoms with Gasteiger partial charge in [0.1, 0.15) is 0 Å². The number of piperidine rings is 1. The highest BCUT2D eigenvalue weighted by molar-refractivity contribution is 6.02. The van der Waals surface area contributed by atoms with Crippen molar-refractivity contribution >= 4 is 11.7 Å². The molecule has 6 heteroatoms. The maximum absolute atomic E-state index is 12.5. The van der Waals surface area contributed by atoms with E-state index in [-0.39, 0.29) is 17.8 Å². The van der Waals surface area contributed by atoms with Crippen LogP contribution in [0.1, 0.15) is 32.6 Å². The minimum atomic E-state index is -0.500. The van der Waals surface area contributed by atoms with Gasteiger partial charge in [-0.05, 0) is 39.4 Å². The third kappa shape index (κ3) is 4.09. The van der Waals surface area contributed by atoms with E-state index in [9.17, 15) is 4.79 Å². The van der Waals surface area contributed by atoms with Gasteiger partial charge in [0.05, 0.1) is 5.92 Å². The molecule has 0 aromatic heterocycles. The fraction of sp³-hybridized carbons (Fsp3) is 0.846. The van der Waals surface area contributed by atoms with Crippen molar-refractivity contribution < 1.29 is 10.0 Å². The van der Waals surface area contributed by atoms with E-state index in [1.807, 2.05) is 14.0 Å². The summed E-state index contributed by atoms with van der Waals surface area (Å²) < 4.78 is 0. The molecule has 0 saturated carbocycles. The van der Waals surface area contributed by atoms with Crippen LogP contribution in [0.3, 0.4) is 0 Å². The molecule has 3 N–H and O–H groups in total. The molecule has 6 nitrogen and oxygen atoms in total. The number of hydrogen-bond donors (Lipinski definition) is 2. The largest absolute Gasteiger partial charge is 0.409 e. The Balaban J connectivity index is 2.68. The molecule has 110 valence electrons. The average Bonchev–Trinajstić information content (AvgIpc) is 2.43. The van der Waals surface area contributed by atoms with Gasteiger partial charge in [-0.3, -0.25) is 4.79 Å². The van der Waals surface area contributed by atoms with Gasteiger partial charge < -0.3 is 20.7 Å². The van der Waals surface area contributed by atoms with Gasteiger partial charge in [0.25, 0.3) is 0 Å². The molecule has 1 unspecified atom stereocenters. The summed E-state index contributed by atoms with van der Waals surface area (Å²) in [7, 11) is 3.92. The second kappa shape index (κ2) is 7.33. The number of rotatable bonds is 5. The first-order valence-electron chi connectivity index (χ1n) is 6.93. The van der Waals surface area contributed by atoms with Crippen molar-refractivity contribution in [3.63, 3.8) is 0 Å². The van der Waals surface area contributed by atoms with Crippen molar-refractivity contribution in [2.24, 2.45) is 16.8 Å². The molecule has 1 saturated heterocycles. The molecular weight excluding hydrogens is 244 g/mol. The molecule has 0 bridgehead atoms. The van der Waals surface area contributed by atoms with E-state index >= 15 is 0 Å². The number of nitrogens with two attached hydrogens (primary N) is 1. The Hall–Kier alpha value is -1.30. The summed E-state index contributed by atoms with van der Waals surface area (Å²) >= 11 is 0. The molecule has 1 aliphatic rings. The Bertz CT molecular complexity index is 325. The fourth-order valence-corrected chi connectivity index (χ4v) is 2.56. The van der Waals surface area contributed by atoms with Crippen LogP contribution in [0, 0.1) is 5.92 Å². The smallest absolute Gasteiger partial charge is 0.233 e. The van der Waals surface area contributed by atoms with Gasteiger partial charge in [-0.2, -0.15) is 0 Å². The zero-order valence-electron chi connectivity index (χ0n) is 12.2. The van der Waals surface area contributed by atoms with Crippen LogP contribution in [-0.2, 0) is 4.79 Å². The molecule has 19 heavy (non-hydrogen) atoms. The Kier molecular flexibility index (Phi) is 6.08. The van der Waals surface area contributed by atoms with Gasteiger partial charge in [0.2, 0.25) is 5.91 Å². The molecule has 1 fully saturated rings. The molecule has 0 radical (unpaired) electrons. The Labute approximate surface area is 115 Å². The van der Waals surface area contributed by atoms with E-state index in [2.05, 4.69) is 17.1 Å². The topological polar surface area (TPSA) is 82.2 Å². The van der Waals surface area contributed by atoms with E-state index in [0.29, 0.717) is 6.42 Å². The van der Waals surface area contributed by atoms with Crippen molar-refractivity contribution in [2.75, 3.05) is 27.2 Å². The molecule has 1 aliphatic heterocycles.